The highest BCUT2D eigenvalue weighted by Gasteiger charge is 2.00. The number of hydrogen-bond acceptors (Lipinski definition) is 2. The predicted octanol–water partition coefficient (Wildman–Crippen LogP) is 0.877. The number of hydrogen-bond donors (Lipinski definition) is 3. The molecule has 1 aromatic rings. The fourth-order valence-corrected chi connectivity index (χ4v) is 1.22. The van der Waals surface area contributed by atoms with E-state index in [2.05, 4.69) is 5.32 Å². The number of thiocarbonyl (C=S) groups is 1. The molecule has 1 rings (SSSR count). The van der Waals surface area contributed by atoms with E-state index in [0.29, 0.717) is 6.42 Å². The standard InChI is InChI=1S/C9H12N2OS/c10-9(13)11-8-4-2-1-3-7(8)5-6-12/h1-4,12H,5-6H2,(H3,10,11,13). The molecule has 0 aromatic heterocycles. The second-order valence-electron chi connectivity index (χ2n) is 2.62. The van der Waals surface area contributed by atoms with Crippen LogP contribution in [0.2, 0.25) is 0 Å². The zero-order valence-corrected chi connectivity index (χ0v) is 7.97. The maximum Gasteiger partial charge on any atom is 0.168 e. The first-order valence-corrected chi connectivity index (χ1v) is 4.40. The Hall–Kier alpha value is -1.13. The first kappa shape index (κ1) is 9.95. The molecule has 0 aliphatic carbocycles. The molecule has 0 atom stereocenters. The first-order valence-electron chi connectivity index (χ1n) is 3.99. The Morgan fingerprint density at radius 2 is 2.15 bits per heavy atom. The Bertz CT molecular complexity index is 301. The number of aliphatic hydroxyl groups excluding tert-OH is 1. The third-order valence-corrected chi connectivity index (χ3v) is 1.76. The summed E-state index contributed by atoms with van der Waals surface area (Å²) in [4.78, 5) is 0. The van der Waals surface area contributed by atoms with Crippen molar-refractivity contribution in [3.8, 4) is 0 Å². The van der Waals surface area contributed by atoms with E-state index >= 15 is 0 Å². The van der Waals surface area contributed by atoms with E-state index in [4.69, 9.17) is 23.1 Å². The van der Waals surface area contributed by atoms with Crippen molar-refractivity contribution in [1.29, 1.82) is 0 Å². The van der Waals surface area contributed by atoms with Crippen LogP contribution < -0.4 is 11.1 Å². The van der Waals surface area contributed by atoms with Crippen molar-refractivity contribution in [2.45, 2.75) is 6.42 Å². The van der Waals surface area contributed by atoms with Gasteiger partial charge in [0, 0.05) is 12.3 Å². The summed E-state index contributed by atoms with van der Waals surface area (Å²) in [5.41, 5.74) is 7.22. The van der Waals surface area contributed by atoms with Gasteiger partial charge < -0.3 is 16.2 Å². The number of para-hydroxylation sites is 1. The van der Waals surface area contributed by atoms with Gasteiger partial charge >= 0.3 is 0 Å². The Balaban J connectivity index is 2.84. The number of benzene rings is 1. The molecule has 0 unspecified atom stereocenters. The van der Waals surface area contributed by atoms with Crippen LogP contribution in [0.1, 0.15) is 5.56 Å². The lowest BCUT2D eigenvalue weighted by molar-refractivity contribution is 0.300. The van der Waals surface area contributed by atoms with Crippen molar-refractivity contribution in [2.24, 2.45) is 5.73 Å². The molecule has 0 amide bonds. The highest BCUT2D eigenvalue weighted by Crippen LogP contribution is 2.14. The normalized spacial score (nSPS) is 9.62. The topological polar surface area (TPSA) is 58.3 Å². The van der Waals surface area contributed by atoms with Crippen LogP contribution in [-0.4, -0.2) is 16.8 Å². The molecule has 0 aliphatic heterocycles. The van der Waals surface area contributed by atoms with Gasteiger partial charge in [0.2, 0.25) is 0 Å². The average Bonchev–Trinajstić information content (AvgIpc) is 2.08. The zero-order valence-electron chi connectivity index (χ0n) is 7.16. The van der Waals surface area contributed by atoms with Gasteiger partial charge in [0.1, 0.15) is 0 Å². The van der Waals surface area contributed by atoms with Crippen LogP contribution in [0, 0.1) is 0 Å². The van der Waals surface area contributed by atoms with Crippen molar-refractivity contribution in [1.82, 2.24) is 0 Å². The van der Waals surface area contributed by atoms with Gasteiger partial charge in [0.05, 0.1) is 0 Å². The van der Waals surface area contributed by atoms with Crippen LogP contribution >= 0.6 is 12.2 Å². The fraction of sp³-hybridized carbons (Fsp3) is 0.222. The van der Waals surface area contributed by atoms with Crippen LogP contribution in [0.25, 0.3) is 0 Å². The molecular formula is C9H12N2OS. The van der Waals surface area contributed by atoms with Crippen LogP contribution in [0.4, 0.5) is 5.69 Å². The Kier molecular flexibility index (Phi) is 3.67. The van der Waals surface area contributed by atoms with Crippen LogP contribution in [0.15, 0.2) is 24.3 Å². The minimum Gasteiger partial charge on any atom is -0.396 e. The number of nitrogens with one attached hydrogen (secondary N) is 1. The van der Waals surface area contributed by atoms with Gasteiger partial charge in [-0.2, -0.15) is 0 Å². The number of rotatable bonds is 3. The minimum atomic E-state index is 0.121. The molecule has 0 aliphatic rings. The maximum absolute atomic E-state index is 8.79. The molecule has 0 heterocycles. The molecule has 70 valence electrons. The highest BCUT2D eigenvalue weighted by atomic mass is 32.1. The summed E-state index contributed by atoms with van der Waals surface area (Å²) in [6.07, 6.45) is 0.603. The molecule has 4 N–H and O–H groups in total. The van der Waals surface area contributed by atoms with Gasteiger partial charge in [-0.1, -0.05) is 18.2 Å². The molecule has 0 radical (unpaired) electrons. The van der Waals surface area contributed by atoms with Crippen LogP contribution in [-0.2, 0) is 6.42 Å². The van der Waals surface area contributed by atoms with Crippen LogP contribution in [0.3, 0.4) is 0 Å². The summed E-state index contributed by atoms with van der Waals surface area (Å²) < 4.78 is 0. The lowest BCUT2D eigenvalue weighted by Crippen LogP contribution is -2.19. The van der Waals surface area contributed by atoms with Gasteiger partial charge in [-0.05, 0) is 30.3 Å². The second-order valence-corrected chi connectivity index (χ2v) is 3.06. The first-order chi connectivity index (χ1) is 6.24. The summed E-state index contributed by atoms with van der Waals surface area (Å²) in [6, 6.07) is 7.61. The zero-order chi connectivity index (χ0) is 9.68. The van der Waals surface area contributed by atoms with Gasteiger partial charge in [-0.15, -0.1) is 0 Å². The van der Waals surface area contributed by atoms with E-state index in [9.17, 15) is 0 Å². The van der Waals surface area contributed by atoms with Crippen molar-refractivity contribution in [3.05, 3.63) is 29.8 Å². The summed E-state index contributed by atoms with van der Waals surface area (Å²) in [7, 11) is 0. The van der Waals surface area contributed by atoms with E-state index in [1.54, 1.807) is 0 Å². The third kappa shape index (κ3) is 3.01. The largest absolute Gasteiger partial charge is 0.396 e. The molecule has 1 aromatic carbocycles. The van der Waals surface area contributed by atoms with Gasteiger partial charge in [-0.25, -0.2) is 0 Å². The Morgan fingerprint density at radius 1 is 1.46 bits per heavy atom. The summed E-state index contributed by atoms with van der Waals surface area (Å²) >= 11 is 4.73. The van der Waals surface area contributed by atoms with Crippen molar-refractivity contribution >= 4 is 23.0 Å². The summed E-state index contributed by atoms with van der Waals surface area (Å²) in [5.74, 6) is 0. The summed E-state index contributed by atoms with van der Waals surface area (Å²) in [6.45, 7) is 0.121. The molecule has 4 heteroatoms. The number of anilines is 1. The second kappa shape index (κ2) is 4.79. The highest BCUT2D eigenvalue weighted by molar-refractivity contribution is 7.80. The smallest absolute Gasteiger partial charge is 0.168 e. The van der Waals surface area contributed by atoms with Gasteiger partial charge in [-0.3, -0.25) is 0 Å². The molecule has 0 fully saturated rings. The molecule has 3 nitrogen and oxygen atoms in total. The molecule has 0 saturated heterocycles. The van der Waals surface area contributed by atoms with Crippen molar-refractivity contribution in [2.75, 3.05) is 11.9 Å². The molecule has 13 heavy (non-hydrogen) atoms. The average molecular weight is 196 g/mol. The van der Waals surface area contributed by atoms with E-state index < -0.39 is 0 Å². The lowest BCUT2D eigenvalue weighted by Gasteiger charge is -2.08. The Morgan fingerprint density at radius 3 is 2.77 bits per heavy atom. The number of aliphatic hydroxyl groups is 1. The maximum atomic E-state index is 8.79. The molecule has 0 saturated carbocycles. The number of nitrogens with two attached hydrogens (primary N) is 1. The van der Waals surface area contributed by atoms with Crippen molar-refractivity contribution in [3.63, 3.8) is 0 Å². The fourth-order valence-electron chi connectivity index (χ4n) is 1.11. The summed E-state index contributed by atoms with van der Waals surface area (Å²) in [5, 5.41) is 11.9. The van der Waals surface area contributed by atoms with E-state index in [1.807, 2.05) is 24.3 Å². The quantitative estimate of drug-likeness (QED) is 0.628. The van der Waals surface area contributed by atoms with E-state index in [1.165, 1.54) is 0 Å². The van der Waals surface area contributed by atoms with Crippen LogP contribution in [0.5, 0.6) is 0 Å². The molecule has 0 bridgehead atoms. The minimum absolute atomic E-state index is 0.121. The van der Waals surface area contributed by atoms with E-state index in [0.717, 1.165) is 11.3 Å². The van der Waals surface area contributed by atoms with E-state index in [-0.39, 0.29) is 11.7 Å². The predicted molar refractivity (Wildman–Crippen MR) is 57.6 cm³/mol. The van der Waals surface area contributed by atoms with Crippen molar-refractivity contribution < 1.29 is 5.11 Å². The SMILES string of the molecule is NC(=S)Nc1ccccc1CCO. The third-order valence-electron chi connectivity index (χ3n) is 1.66. The lowest BCUT2D eigenvalue weighted by atomic mass is 10.1. The van der Waals surface area contributed by atoms with Gasteiger partial charge in [0.15, 0.2) is 5.11 Å². The van der Waals surface area contributed by atoms with Gasteiger partial charge in [0.25, 0.3) is 0 Å². The monoisotopic (exact) mass is 196 g/mol. The Labute approximate surface area is 82.6 Å². The molecular weight excluding hydrogens is 184 g/mol. The molecule has 0 spiro atoms.